The Hall–Kier alpha value is -3.11. The summed E-state index contributed by atoms with van der Waals surface area (Å²) in [6.07, 6.45) is 1.65. The Kier molecular flexibility index (Phi) is 7.14. The lowest BCUT2D eigenvalue weighted by atomic mass is 10.2. The molecular formula is C23H26FN5O3S. The molecule has 1 amide bonds. The van der Waals surface area contributed by atoms with E-state index in [0.29, 0.717) is 29.6 Å². The van der Waals surface area contributed by atoms with Gasteiger partial charge in [-0.1, -0.05) is 11.8 Å². The number of ether oxygens (including phenoxy) is 2. The molecule has 174 valence electrons. The van der Waals surface area contributed by atoms with Crippen LogP contribution in [0.1, 0.15) is 13.8 Å². The molecule has 2 aromatic carbocycles. The molecule has 0 saturated carbocycles. The van der Waals surface area contributed by atoms with Gasteiger partial charge in [-0.15, -0.1) is 10.2 Å². The minimum absolute atomic E-state index is 0.0320. The number of aromatic nitrogens is 3. The molecule has 1 fully saturated rings. The van der Waals surface area contributed by atoms with E-state index >= 15 is 0 Å². The van der Waals surface area contributed by atoms with Gasteiger partial charge in [-0.25, -0.2) is 4.39 Å². The minimum atomic E-state index is -0.374. The van der Waals surface area contributed by atoms with E-state index in [0.717, 1.165) is 11.4 Å². The van der Waals surface area contributed by atoms with E-state index in [2.05, 4.69) is 15.5 Å². The molecule has 10 heteroatoms. The molecule has 0 radical (unpaired) electrons. The molecule has 33 heavy (non-hydrogen) atoms. The first-order valence-corrected chi connectivity index (χ1v) is 11.6. The lowest BCUT2D eigenvalue weighted by Crippen LogP contribution is -2.45. The van der Waals surface area contributed by atoms with Crippen LogP contribution in [0.3, 0.4) is 0 Å². The van der Waals surface area contributed by atoms with Crippen molar-refractivity contribution in [3.8, 4) is 11.4 Å². The summed E-state index contributed by atoms with van der Waals surface area (Å²) in [5.41, 5.74) is 1.78. The van der Waals surface area contributed by atoms with E-state index in [9.17, 15) is 9.18 Å². The number of rotatable bonds is 7. The lowest BCUT2D eigenvalue weighted by Gasteiger charge is -2.37. The molecule has 0 aliphatic carbocycles. The Morgan fingerprint density at radius 1 is 1.21 bits per heavy atom. The zero-order valence-corrected chi connectivity index (χ0v) is 19.5. The number of benzene rings is 2. The highest BCUT2D eigenvalue weighted by atomic mass is 32.2. The van der Waals surface area contributed by atoms with Crippen molar-refractivity contribution in [2.75, 3.05) is 36.2 Å². The average Bonchev–Trinajstić information content (AvgIpc) is 3.26. The number of halogens is 1. The quantitative estimate of drug-likeness (QED) is 0.526. The SMILES string of the molecule is COc1ccc(-n2cnnc2SCC(=O)Nc2ccc(N3CC(C)OC(C)C3)c(F)c2)cc1. The number of morpholine rings is 1. The smallest absolute Gasteiger partial charge is 0.234 e. The van der Waals surface area contributed by atoms with Crippen molar-refractivity contribution in [2.24, 2.45) is 0 Å². The summed E-state index contributed by atoms with van der Waals surface area (Å²) in [5, 5.41) is 11.4. The van der Waals surface area contributed by atoms with Crippen LogP contribution in [-0.4, -0.2) is 58.8 Å². The highest BCUT2D eigenvalue weighted by Gasteiger charge is 2.24. The van der Waals surface area contributed by atoms with Crippen LogP contribution in [0.15, 0.2) is 53.9 Å². The number of hydrogen-bond donors (Lipinski definition) is 1. The van der Waals surface area contributed by atoms with Gasteiger partial charge in [0.05, 0.1) is 30.8 Å². The fraction of sp³-hybridized carbons (Fsp3) is 0.348. The summed E-state index contributed by atoms with van der Waals surface area (Å²) in [6, 6.07) is 12.2. The second-order valence-corrected chi connectivity index (χ2v) is 8.79. The van der Waals surface area contributed by atoms with Crippen LogP contribution in [0.4, 0.5) is 15.8 Å². The molecule has 2 atom stereocenters. The first-order chi connectivity index (χ1) is 15.9. The molecule has 1 saturated heterocycles. The van der Waals surface area contributed by atoms with E-state index in [1.165, 1.54) is 17.8 Å². The van der Waals surface area contributed by atoms with Gasteiger partial charge in [0, 0.05) is 24.5 Å². The van der Waals surface area contributed by atoms with Gasteiger partial charge in [0.1, 0.15) is 17.9 Å². The van der Waals surface area contributed by atoms with Gasteiger partial charge < -0.3 is 19.7 Å². The molecule has 1 aromatic heterocycles. The van der Waals surface area contributed by atoms with Crippen LogP contribution in [0, 0.1) is 5.82 Å². The predicted molar refractivity (Wildman–Crippen MR) is 126 cm³/mol. The monoisotopic (exact) mass is 471 g/mol. The molecule has 8 nitrogen and oxygen atoms in total. The van der Waals surface area contributed by atoms with Gasteiger partial charge in [-0.3, -0.25) is 9.36 Å². The number of hydrogen-bond acceptors (Lipinski definition) is 7. The second kappa shape index (κ2) is 10.2. The van der Waals surface area contributed by atoms with Crippen molar-refractivity contribution in [3.63, 3.8) is 0 Å². The maximum Gasteiger partial charge on any atom is 0.234 e. The Labute approximate surface area is 196 Å². The summed E-state index contributed by atoms with van der Waals surface area (Å²) in [7, 11) is 1.61. The van der Waals surface area contributed by atoms with Crippen molar-refractivity contribution in [1.82, 2.24) is 14.8 Å². The number of nitrogens with zero attached hydrogens (tertiary/aromatic N) is 4. The summed E-state index contributed by atoms with van der Waals surface area (Å²) in [5.74, 6) is 0.221. The number of carbonyl (C=O) groups is 1. The van der Waals surface area contributed by atoms with Crippen molar-refractivity contribution >= 4 is 29.0 Å². The minimum Gasteiger partial charge on any atom is -0.497 e. The van der Waals surface area contributed by atoms with Gasteiger partial charge in [0.2, 0.25) is 5.91 Å². The van der Waals surface area contributed by atoms with Gasteiger partial charge in [0.15, 0.2) is 5.16 Å². The Morgan fingerprint density at radius 2 is 1.94 bits per heavy atom. The van der Waals surface area contributed by atoms with E-state index in [1.807, 2.05) is 43.0 Å². The molecule has 4 rings (SSSR count). The normalized spacial score (nSPS) is 18.2. The van der Waals surface area contributed by atoms with Crippen molar-refractivity contribution in [1.29, 1.82) is 0 Å². The molecule has 2 unspecified atom stereocenters. The van der Waals surface area contributed by atoms with E-state index in [4.69, 9.17) is 9.47 Å². The van der Waals surface area contributed by atoms with E-state index in [1.54, 1.807) is 30.1 Å². The van der Waals surface area contributed by atoms with Gasteiger partial charge >= 0.3 is 0 Å². The highest BCUT2D eigenvalue weighted by molar-refractivity contribution is 7.99. The first-order valence-electron chi connectivity index (χ1n) is 10.6. The van der Waals surface area contributed by atoms with Gasteiger partial charge in [-0.05, 0) is 56.3 Å². The predicted octanol–water partition coefficient (Wildman–Crippen LogP) is 3.76. The molecule has 2 heterocycles. The van der Waals surface area contributed by atoms with E-state index < -0.39 is 0 Å². The highest BCUT2D eigenvalue weighted by Crippen LogP contribution is 2.27. The van der Waals surface area contributed by atoms with Crippen molar-refractivity contribution in [2.45, 2.75) is 31.2 Å². The first kappa shape index (κ1) is 23.1. The van der Waals surface area contributed by atoms with Crippen LogP contribution in [-0.2, 0) is 9.53 Å². The topological polar surface area (TPSA) is 81.5 Å². The fourth-order valence-corrected chi connectivity index (χ4v) is 4.51. The number of nitrogens with one attached hydrogen (secondary N) is 1. The third kappa shape index (κ3) is 5.63. The third-order valence-electron chi connectivity index (χ3n) is 5.19. The van der Waals surface area contributed by atoms with Crippen LogP contribution in [0.5, 0.6) is 5.75 Å². The molecule has 1 aliphatic heterocycles. The zero-order valence-electron chi connectivity index (χ0n) is 18.7. The zero-order chi connectivity index (χ0) is 23.4. The number of methoxy groups -OCH3 is 1. The maximum atomic E-state index is 14.8. The number of anilines is 2. The number of thioether (sulfide) groups is 1. The summed E-state index contributed by atoms with van der Waals surface area (Å²) in [4.78, 5) is 14.4. The van der Waals surface area contributed by atoms with Gasteiger partial charge in [0.25, 0.3) is 0 Å². The third-order valence-corrected chi connectivity index (χ3v) is 6.13. The average molecular weight is 472 g/mol. The molecule has 3 aromatic rings. The number of carbonyl (C=O) groups excluding carboxylic acids is 1. The molecule has 0 bridgehead atoms. The number of amides is 1. The van der Waals surface area contributed by atoms with Crippen molar-refractivity contribution in [3.05, 3.63) is 54.6 Å². The van der Waals surface area contributed by atoms with E-state index in [-0.39, 0.29) is 29.7 Å². The van der Waals surface area contributed by atoms with Crippen LogP contribution < -0.4 is 15.0 Å². The maximum absolute atomic E-state index is 14.8. The van der Waals surface area contributed by atoms with Crippen LogP contribution in [0.25, 0.3) is 5.69 Å². The molecular weight excluding hydrogens is 445 g/mol. The second-order valence-electron chi connectivity index (χ2n) is 7.85. The summed E-state index contributed by atoms with van der Waals surface area (Å²) in [6.45, 7) is 5.20. The molecule has 0 spiro atoms. The molecule has 1 aliphatic rings. The van der Waals surface area contributed by atoms with Gasteiger partial charge in [-0.2, -0.15) is 0 Å². The summed E-state index contributed by atoms with van der Waals surface area (Å²) >= 11 is 1.25. The van der Waals surface area contributed by atoms with Crippen LogP contribution >= 0.6 is 11.8 Å². The standard InChI is InChI=1S/C23H26FN5O3S/c1-15-11-28(12-16(2)32-15)21-9-4-17(10-20(21)24)26-22(30)13-33-23-27-25-14-29(23)18-5-7-19(31-3)8-6-18/h4-10,14-16H,11-13H2,1-3H3,(H,26,30). The Morgan fingerprint density at radius 3 is 2.61 bits per heavy atom. The Balaban J connectivity index is 1.36. The largest absolute Gasteiger partial charge is 0.497 e. The summed E-state index contributed by atoms with van der Waals surface area (Å²) < 4.78 is 27.5. The van der Waals surface area contributed by atoms with Crippen molar-refractivity contribution < 1.29 is 18.7 Å². The Bertz CT molecular complexity index is 1100. The fourth-order valence-electron chi connectivity index (χ4n) is 3.79. The van der Waals surface area contributed by atoms with Crippen LogP contribution in [0.2, 0.25) is 0 Å². The molecule has 1 N–H and O–H groups in total. The lowest BCUT2D eigenvalue weighted by molar-refractivity contribution is -0.113.